The van der Waals surface area contributed by atoms with Gasteiger partial charge in [-0.2, -0.15) is 0 Å². The summed E-state index contributed by atoms with van der Waals surface area (Å²) in [5, 5.41) is 2.09. The molecule has 3 aromatic rings. The van der Waals surface area contributed by atoms with Crippen molar-refractivity contribution in [2.45, 2.75) is 0 Å². The van der Waals surface area contributed by atoms with Crippen LogP contribution in [0.25, 0.3) is 22.1 Å². The lowest BCUT2D eigenvalue weighted by Gasteiger charge is -1.84. The summed E-state index contributed by atoms with van der Waals surface area (Å²) in [4.78, 5) is 0. The molecule has 1 aromatic carbocycles. The largest absolute Gasteiger partial charge is 0.432 e. The fourth-order valence-corrected chi connectivity index (χ4v) is 1.97. The average Bonchev–Trinajstić information content (AvgIpc) is 2.66. The number of fused-ring (bicyclic) bond motifs is 3. The summed E-state index contributed by atoms with van der Waals surface area (Å²) >= 11 is 3.41. The van der Waals surface area contributed by atoms with Crippen LogP contribution in [0.1, 0.15) is 0 Å². The molecule has 0 aliphatic carbocycles. The van der Waals surface area contributed by atoms with Crippen LogP contribution in [0.2, 0.25) is 0 Å². The Kier molecular flexibility index (Phi) is 1.32. The van der Waals surface area contributed by atoms with E-state index in [0.29, 0.717) is 5.78 Å². The summed E-state index contributed by atoms with van der Waals surface area (Å²) in [5.41, 5.74) is 0.859. The molecule has 13 heavy (non-hydrogen) atoms. The summed E-state index contributed by atoms with van der Waals surface area (Å²) in [5.74, 6) is 0.577. The van der Waals surface area contributed by atoms with Crippen LogP contribution in [0.15, 0.2) is 43.8 Å². The molecule has 2 aromatic heterocycles. The van der Waals surface area contributed by atoms with E-state index in [1.165, 1.54) is 0 Å². The zero-order valence-corrected chi connectivity index (χ0v) is 8.17. The van der Waals surface area contributed by atoms with Crippen molar-refractivity contribution < 1.29 is 8.83 Å². The maximum atomic E-state index is 5.48. The van der Waals surface area contributed by atoms with Gasteiger partial charge < -0.3 is 8.83 Å². The van der Waals surface area contributed by atoms with Crippen LogP contribution in [0.3, 0.4) is 0 Å². The van der Waals surface area contributed by atoms with E-state index in [9.17, 15) is 0 Å². The molecular weight excluding hydrogens is 232 g/mol. The van der Waals surface area contributed by atoms with E-state index < -0.39 is 0 Å². The van der Waals surface area contributed by atoms with Gasteiger partial charge in [-0.1, -0.05) is 18.2 Å². The molecule has 0 aliphatic heterocycles. The first kappa shape index (κ1) is 7.21. The molecule has 3 heteroatoms. The number of hydrogen-bond donors (Lipinski definition) is 0. The van der Waals surface area contributed by atoms with Crippen molar-refractivity contribution in [3.63, 3.8) is 0 Å². The van der Waals surface area contributed by atoms with Crippen LogP contribution < -0.4 is 0 Å². The molecular formula is C10H5BrO2. The smallest absolute Gasteiger partial charge is 0.299 e. The predicted octanol–water partition coefficient (Wildman–Crippen LogP) is 3.94. The number of furan rings is 2. The topological polar surface area (TPSA) is 26.3 Å². The molecule has 0 fully saturated rings. The minimum absolute atomic E-state index is 0.577. The highest BCUT2D eigenvalue weighted by Gasteiger charge is 2.12. The van der Waals surface area contributed by atoms with Crippen LogP contribution in [0.4, 0.5) is 0 Å². The minimum atomic E-state index is 0.577. The van der Waals surface area contributed by atoms with Gasteiger partial charge in [0.1, 0.15) is 11.8 Å². The average molecular weight is 237 g/mol. The molecule has 0 amide bonds. The lowest BCUT2D eigenvalue weighted by Crippen LogP contribution is -1.62. The molecule has 0 bridgehead atoms. The van der Waals surface area contributed by atoms with Crippen LogP contribution in [-0.4, -0.2) is 0 Å². The van der Waals surface area contributed by atoms with E-state index >= 15 is 0 Å². The van der Waals surface area contributed by atoms with Crippen molar-refractivity contribution in [3.05, 3.63) is 35.0 Å². The fraction of sp³-hybridized carbons (Fsp3) is 0. The molecule has 0 spiro atoms. The lowest BCUT2D eigenvalue weighted by atomic mass is 10.2. The predicted molar refractivity (Wildman–Crippen MR) is 53.7 cm³/mol. The first-order chi connectivity index (χ1) is 6.36. The van der Waals surface area contributed by atoms with Gasteiger partial charge >= 0.3 is 0 Å². The van der Waals surface area contributed by atoms with Crippen molar-refractivity contribution in [3.8, 4) is 0 Å². The molecule has 0 saturated heterocycles. The second-order valence-electron chi connectivity index (χ2n) is 2.84. The highest BCUT2D eigenvalue weighted by Crippen LogP contribution is 2.35. The molecule has 3 rings (SSSR count). The second-order valence-corrected chi connectivity index (χ2v) is 3.70. The van der Waals surface area contributed by atoms with Crippen LogP contribution in [0, 0.1) is 0 Å². The van der Waals surface area contributed by atoms with Crippen molar-refractivity contribution in [2.24, 2.45) is 0 Å². The highest BCUT2D eigenvalue weighted by atomic mass is 79.9. The summed E-state index contributed by atoms with van der Waals surface area (Å²) in [6.45, 7) is 0. The SMILES string of the molecule is Brc1coc2oc3ccccc3c12. The second kappa shape index (κ2) is 2.39. The number of halogens is 1. The molecule has 0 radical (unpaired) electrons. The summed E-state index contributed by atoms with van der Waals surface area (Å²) in [6, 6.07) is 7.87. The highest BCUT2D eigenvalue weighted by molar-refractivity contribution is 9.10. The first-order valence-electron chi connectivity index (χ1n) is 3.90. The Morgan fingerprint density at radius 1 is 1.15 bits per heavy atom. The van der Waals surface area contributed by atoms with E-state index in [0.717, 1.165) is 20.8 Å². The molecule has 0 saturated carbocycles. The summed E-state index contributed by atoms with van der Waals surface area (Å²) in [6.07, 6.45) is 1.64. The van der Waals surface area contributed by atoms with Gasteiger partial charge in [0, 0.05) is 5.39 Å². The third-order valence-corrected chi connectivity index (χ3v) is 2.65. The summed E-state index contributed by atoms with van der Waals surface area (Å²) in [7, 11) is 0. The number of benzene rings is 1. The van der Waals surface area contributed by atoms with Gasteiger partial charge in [-0.25, -0.2) is 0 Å². The van der Waals surface area contributed by atoms with Crippen LogP contribution in [-0.2, 0) is 0 Å². The monoisotopic (exact) mass is 236 g/mol. The zero-order valence-electron chi connectivity index (χ0n) is 6.58. The van der Waals surface area contributed by atoms with Crippen molar-refractivity contribution in [1.29, 1.82) is 0 Å². The van der Waals surface area contributed by atoms with E-state index in [2.05, 4.69) is 15.9 Å². The van der Waals surface area contributed by atoms with Gasteiger partial charge in [0.05, 0.1) is 9.86 Å². The molecule has 0 aliphatic rings. The molecule has 0 unspecified atom stereocenters. The Labute approximate surface area is 82.3 Å². The van der Waals surface area contributed by atoms with Crippen molar-refractivity contribution >= 4 is 38.1 Å². The van der Waals surface area contributed by atoms with Crippen molar-refractivity contribution in [1.82, 2.24) is 0 Å². The Balaban J connectivity index is 2.66. The van der Waals surface area contributed by atoms with E-state index in [1.807, 2.05) is 24.3 Å². The Bertz CT molecular complexity index is 577. The third kappa shape index (κ3) is 0.877. The zero-order chi connectivity index (χ0) is 8.84. The molecule has 0 N–H and O–H groups in total. The maximum Gasteiger partial charge on any atom is 0.299 e. The van der Waals surface area contributed by atoms with Gasteiger partial charge in [-0.05, 0) is 22.0 Å². The third-order valence-electron chi connectivity index (χ3n) is 2.07. The fourth-order valence-electron chi connectivity index (χ4n) is 1.50. The van der Waals surface area contributed by atoms with E-state index in [1.54, 1.807) is 6.26 Å². The van der Waals surface area contributed by atoms with Crippen LogP contribution >= 0.6 is 15.9 Å². The molecule has 2 nitrogen and oxygen atoms in total. The Morgan fingerprint density at radius 3 is 2.92 bits per heavy atom. The van der Waals surface area contributed by atoms with Crippen molar-refractivity contribution in [2.75, 3.05) is 0 Å². The van der Waals surface area contributed by atoms with Gasteiger partial charge in [-0.15, -0.1) is 0 Å². The van der Waals surface area contributed by atoms with Gasteiger partial charge in [0.15, 0.2) is 0 Å². The number of para-hydroxylation sites is 1. The lowest BCUT2D eigenvalue weighted by molar-refractivity contribution is 0.498. The standard InChI is InChI=1S/C10H5BrO2/c11-7-5-12-10-9(7)6-3-1-2-4-8(6)13-10/h1-5H. The summed E-state index contributed by atoms with van der Waals surface area (Å²) < 4.78 is 11.6. The van der Waals surface area contributed by atoms with Gasteiger partial charge in [0.2, 0.25) is 0 Å². The maximum absolute atomic E-state index is 5.48. The van der Waals surface area contributed by atoms with E-state index in [4.69, 9.17) is 8.83 Å². The number of hydrogen-bond acceptors (Lipinski definition) is 2. The molecule has 64 valence electrons. The Morgan fingerprint density at radius 2 is 2.00 bits per heavy atom. The van der Waals surface area contributed by atoms with Gasteiger partial charge in [0.25, 0.3) is 5.78 Å². The first-order valence-corrected chi connectivity index (χ1v) is 4.70. The number of rotatable bonds is 0. The molecule has 0 atom stereocenters. The Hall–Kier alpha value is -1.22. The normalized spacial score (nSPS) is 11.5. The van der Waals surface area contributed by atoms with Crippen LogP contribution in [0.5, 0.6) is 0 Å². The quantitative estimate of drug-likeness (QED) is 0.591. The van der Waals surface area contributed by atoms with E-state index in [-0.39, 0.29) is 0 Å². The van der Waals surface area contributed by atoms with Gasteiger partial charge in [-0.3, -0.25) is 0 Å². The molecule has 2 heterocycles. The minimum Gasteiger partial charge on any atom is -0.432 e.